The monoisotopic (exact) mass is 423 g/mol. The Hall–Kier alpha value is -4.14. The van der Waals surface area contributed by atoms with Gasteiger partial charge in [-0.3, -0.25) is 14.9 Å². The van der Waals surface area contributed by atoms with Gasteiger partial charge in [0, 0.05) is 18.6 Å². The second-order valence-corrected chi connectivity index (χ2v) is 6.36. The summed E-state index contributed by atoms with van der Waals surface area (Å²) in [5.74, 6) is 1.45. The van der Waals surface area contributed by atoms with Gasteiger partial charge in [-0.25, -0.2) is 4.98 Å². The standard InChI is InChI=1S/C22H21N3O6/c1-29-19-9-4-5-10-20(19)31-22-13-12-16(15-23-22)24-21(26)11-6-14-30-18-8-3-2-7-17(18)25(27)28/h2-5,7-10,12-13,15H,6,11,14H2,1H3,(H,24,26). The van der Waals surface area contributed by atoms with Crippen molar-refractivity contribution in [3.05, 3.63) is 77.0 Å². The van der Waals surface area contributed by atoms with Crippen LogP contribution >= 0.6 is 0 Å². The number of benzene rings is 2. The van der Waals surface area contributed by atoms with Crippen LogP contribution in [0.1, 0.15) is 12.8 Å². The zero-order valence-corrected chi connectivity index (χ0v) is 16.8. The van der Waals surface area contributed by atoms with E-state index in [0.717, 1.165) is 0 Å². The Bertz CT molecular complexity index is 1040. The number of ether oxygens (including phenoxy) is 3. The number of hydrogen-bond acceptors (Lipinski definition) is 7. The first-order valence-electron chi connectivity index (χ1n) is 9.50. The van der Waals surface area contributed by atoms with Gasteiger partial charge in [0.25, 0.3) is 0 Å². The maximum absolute atomic E-state index is 12.1. The highest BCUT2D eigenvalue weighted by Gasteiger charge is 2.13. The van der Waals surface area contributed by atoms with Crippen molar-refractivity contribution >= 4 is 17.3 Å². The molecule has 0 spiro atoms. The lowest BCUT2D eigenvalue weighted by molar-refractivity contribution is -0.385. The van der Waals surface area contributed by atoms with E-state index in [1.54, 1.807) is 43.5 Å². The molecule has 160 valence electrons. The number of nitrogens with zero attached hydrogens (tertiary/aromatic N) is 2. The molecule has 0 aliphatic carbocycles. The lowest BCUT2D eigenvalue weighted by atomic mass is 10.3. The number of hydrogen-bond donors (Lipinski definition) is 1. The predicted molar refractivity (Wildman–Crippen MR) is 114 cm³/mol. The van der Waals surface area contributed by atoms with E-state index in [0.29, 0.717) is 29.5 Å². The Morgan fingerprint density at radius 2 is 1.74 bits per heavy atom. The molecule has 2 aromatic carbocycles. The summed E-state index contributed by atoms with van der Waals surface area (Å²) in [5, 5.41) is 13.7. The predicted octanol–water partition coefficient (Wildman–Crippen LogP) is 4.59. The molecule has 1 aromatic heterocycles. The van der Waals surface area contributed by atoms with Gasteiger partial charge in [0.2, 0.25) is 11.8 Å². The molecule has 9 nitrogen and oxygen atoms in total. The summed E-state index contributed by atoms with van der Waals surface area (Å²) in [6.07, 6.45) is 2.09. The van der Waals surface area contributed by atoms with Crippen LogP contribution in [-0.4, -0.2) is 29.5 Å². The Morgan fingerprint density at radius 1 is 1.03 bits per heavy atom. The van der Waals surface area contributed by atoms with Crippen LogP contribution in [-0.2, 0) is 4.79 Å². The van der Waals surface area contributed by atoms with Crippen molar-refractivity contribution in [1.29, 1.82) is 0 Å². The van der Waals surface area contributed by atoms with Crippen LogP contribution in [0.3, 0.4) is 0 Å². The van der Waals surface area contributed by atoms with E-state index >= 15 is 0 Å². The van der Waals surface area contributed by atoms with E-state index in [4.69, 9.17) is 14.2 Å². The van der Waals surface area contributed by atoms with Gasteiger partial charge in [-0.05, 0) is 30.7 Å². The summed E-state index contributed by atoms with van der Waals surface area (Å²) in [6, 6.07) is 16.7. The third-order valence-electron chi connectivity index (χ3n) is 4.17. The van der Waals surface area contributed by atoms with Gasteiger partial charge >= 0.3 is 5.69 Å². The fourth-order valence-electron chi connectivity index (χ4n) is 2.70. The minimum atomic E-state index is -0.504. The molecule has 0 saturated carbocycles. The number of nitrogens with one attached hydrogen (secondary N) is 1. The average molecular weight is 423 g/mol. The van der Waals surface area contributed by atoms with Gasteiger partial charge in [0.1, 0.15) is 0 Å². The Kier molecular flexibility index (Phi) is 7.36. The summed E-state index contributed by atoms with van der Waals surface area (Å²) in [7, 11) is 1.56. The van der Waals surface area contributed by atoms with Crippen LogP contribution in [0.15, 0.2) is 66.9 Å². The second-order valence-electron chi connectivity index (χ2n) is 6.36. The van der Waals surface area contributed by atoms with Crippen LogP contribution in [0.4, 0.5) is 11.4 Å². The van der Waals surface area contributed by atoms with Crippen molar-refractivity contribution in [3.63, 3.8) is 0 Å². The number of anilines is 1. The number of aromatic nitrogens is 1. The Labute approximate surface area is 178 Å². The van der Waals surface area contributed by atoms with Crippen molar-refractivity contribution in [1.82, 2.24) is 4.98 Å². The molecule has 3 rings (SSSR count). The Morgan fingerprint density at radius 3 is 2.42 bits per heavy atom. The van der Waals surface area contributed by atoms with Crippen LogP contribution < -0.4 is 19.5 Å². The zero-order chi connectivity index (χ0) is 22.1. The van der Waals surface area contributed by atoms with E-state index in [1.165, 1.54) is 18.3 Å². The largest absolute Gasteiger partial charge is 0.493 e. The van der Waals surface area contributed by atoms with Gasteiger partial charge in [-0.15, -0.1) is 0 Å². The van der Waals surface area contributed by atoms with Crippen molar-refractivity contribution in [2.75, 3.05) is 19.0 Å². The molecule has 3 aromatic rings. The van der Waals surface area contributed by atoms with Crippen molar-refractivity contribution < 1.29 is 23.9 Å². The first kappa shape index (κ1) is 21.6. The summed E-state index contributed by atoms with van der Waals surface area (Å²) in [5.41, 5.74) is 0.422. The van der Waals surface area contributed by atoms with Gasteiger partial charge in [-0.1, -0.05) is 24.3 Å². The number of pyridine rings is 1. The normalized spacial score (nSPS) is 10.2. The fraction of sp³-hybridized carbons (Fsp3) is 0.182. The molecule has 1 N–H and O–H groups in total. The van der Waals surface area contributed by atoms with Crippen molar-refractivity contribution in [2.45, 2.75) is 12.8 Å². The highest BCUT2D eigenvalue weighted by molar-refractivity contribution is 5.90. The summed E-state index contributed by atoms with van der Waals surface area (Å²) in [6.45, 7) is 0.183. The lowest BCUT2D eigenvalue weighted by Crippen LogP contribution is -2.13. The van der Waals surface area contributed by atoms with E-state index in [-0.39, 0.29) is 30.4 Å². The van der Waals surface area contributed by atoms with Crippen molar-refractivity contribution in [2.24, 2.45) is 0 Å². The third kappa shape index (κ3) is 6.17. The highest BCUT2D eigenvalue weighted by Crippen LogP contribution is 2.30. The molecule has 0 unspecified atom stereocenters. The highest BCUT2D eigenvalue weighted by atomic mass is 16.6. The topological polar surface area (TPSA) is 113 Å². The molecule has 0 saturated heterocycles. The van der Waals surface area contributed by atoms with Crippen LogP contribution in [0.5, 0.6) is 23.1 Å². The van der Waals surface area contributed by atoms with Gasteiger partial charge in [-0.2, -0.15) is 0 Å². The van der Waals surface area contributed by atoms with E-state index in [9.17, 15) is 14.9 Å². The van der Waals surface area contributed by atoms with Gasteiger partial charge < -0.3 is 19.5 Å². The molecule has 9 heteroatoms. The molecule has 1 amide bonds. The number of carbonyl (C=O) groups is 1. The Balaban J connectivity index is 1.45. The third-order valence-corrected chi connectivity index (χ3v) is 4.17. The summed E-state index contributed by atoms with van der Waals surface area (Å²) >= 11 is 0. The molecule has 0 aliphatic rings. The van der Waals surface area contributed by atoms with Crippen molar-refractivity contribution in [3.8, 4) is 23.1 Å². The molecule has 0 aliphatic heterocycles. The molecule has 0 radical (unpaired) electrons. The van der Waals surface area contributed by atoms with Crippen LogP contribution in [0.2, 0.25) is 0 Å². The molecule has 0 fully saturated rings. The fourth-order valence-corrected chi connectivity index (χ4v) is 2.70. The average Bonchev–Trinajstić information content (AvgIpc) is 2.78. The molecule has 0 atom stereocenters. The number of nitro benzene ring substituents is 1. The van der Waals surface area contributed by atoms with Crippen LogP contribution in [0, 0.1) is 10.1 Å². The second kappa shape index (κ2) is 10.6. The quantitative estimate of drug-likeness (QED) is 0.288. The SMILES string of the molecule is COc1ccccc1Oc1ccc(NC(=O)CCCOc2ccccc2[N+](=O)[O-])cn1. The lowest BCUT2D eigenvalue weighted by Gasteiger charge is -2.10. The number of methoxy groups -OCH3 is 1. The smallest absolute Gasteiger partial charge is 0.310 e. The van der Waals surface area contributed by atoms with E-state index in [2.05, 4.69) is 10.3 Å². The van der Waals surface area contributed by atoms with E-state index < -0.39 is 4.92 Å². The number of rotatable bonds is 10. The molecular formula is C22H21N3O6. The molecule has 0 bridgehead atoms. The first-order chi connectivity index (χ1) is 15.1. The number of carbonyl (C=O) groups excluding carboxylic acids is 1. The van der Waals surface area contributed by atoms with Crippen LogP contribution in [0.25, 0.3) is 0 Å². The van der Waals surface area contributed by atoms with Gasteiger partial charge in [0.05, 0.1) is 30.5 Å². The summed E-state index contributed by atoms with van der Waals surface area (Å²) in [4.78, 5) is 26.8. The minimum Gasteiger partial charge on any atom is -0.493 e. The number of nitro groups is 1. The number of amides is 1. The minimum absolute atomic E-state index is 0.103. The first-order valence-corrected chi connectivity index (χ1v) is 9.50. The molecule has 1 heterocycles. The maximum Gasteiger partial charge on any atom is 0.310 e. The van der Waals surface area contributed by atoms with Gasteiger partial charge in [0.15, 0.2) is 17.2 Å². The maximum atomic E-state index is 12.1. The zero-order valence-electron chi connectivity index (χ0n) is 16.8. The molecule has 31 heavy (non-hydrogen) atoms. The molecular weight excluding hydrogens is 402 g/mol. The van der Waals surface area contributed by atoms with E-state index in [1.807, 2.05) is 12.1 Å². The summed E-state index contributed by atoms with van der Waals surface area (Å²) < 4.78 is 16.4. The number of para-hydroxylation sites is 4.